The molecule has 1 rings (SSSR count). The van der Waals surface area contributed by atoms with Crippen LogP contribution in [-0.4, -0.2) is 15.9 Å². The molecular formula is C10H19N3O. The highest BCUT2D eigenvalue weighted by molar-refractivity contribution is 5.28. The molecule has 0 aliphatic rings. The van der Waals surface area contributed by atoms with E-state index < -0.39 is 0 Å². The summed E-state index contributed by atoms with van der Waals surface area (Å²) in [6, 6.07) is 1.84. The van der Waals surface area contributed by atoms with E-state index in [1.165, 1.54) is 0 Å². The molecule has 0 saturated carbocycles. The number of hydrogen-bond acceptors (Lipinski definition) is 3. The van der Waals surface area contributed by atoms with Gasteiger partial charge in [-0.05, 0) is 19.8 Å². The van der Waals surface area contributed by atoms with Crippen LogP contribution in [0.25, 0.3) is 0 Å². The van der Waals surface area contributed by atoms with Gasteiger partial charge in [0.1, 0.15) is 12.5 Å². The van der Waals surface area contributed by atoms with Crippen LogP contribution in [0, 0.1) is 6.92 Å². The SMILES string of the molecule is CCC(CC)OCn1nc(N)cc1C. The number of ether oxygens (including phenoxy) is 1. The number of aryl methyl sites for hydroxylation is 1. The molecule has 4 nitrogen and oxygen atoms in total. The summed E-state index contributed by atoms with van der Waals surface area (Å²) >= 11 is 0. The van der Waals surface area contributed by atoms with Gasteiger partial charge in [0.05, 0.1) is 6.10 Å². The summed E-state index contributed by atoms with van der Waals surface area (Å²) < 4.78 is 7.45. The van der Waals surface area contributed by atoms with Crippen molar-refractivity contribution in [2.45, 2.75) is 46.4 Å². The van der Waals surface area contributed by atoms with Gasteiger partial charge >= 0.3 is 0 Å². The molecule has 1 aromatic heterocycles. The Morgan fingerprint density at radius 2 is 2.14 bits per heavy atom. The smallest absolute Gasteiger partial charge is 0.145 e. The molecule has 0 atom stereocenters. The molecule has 1 heterocycles. The van der Waals surface area contributed by atoms with Gasteiger partial charge in [0.2, 0.25) is 0 Å². The third-order valence-electron chi connectivity index (χ3n) is 2.34. The van der Waals surface area contributed by atoms with E-state index in [2.05, 4.69) is 18.9 Å². The van der Waals surface area contributed by atoms with E-state index >= 15 is 0 Å². The summed E-state index contributed by atoms with van der Waals surface area (Å²) in [4.78, 5) is 0. The number of anilines is 1. The quantitative estimate of drug-likeness (QED) is 0.784. The van der Waals surface area contributed by atoms with Crippen molar-refractivity contribution < 1.29 is 4.74 Å². The van der Waals surface area contributed by atoms with Gasteiger partial charge in [-0.3, -0.25) is 0 Å². The van der Waals surface area contributed by atoms with E-state index in [0.29, 0.717) is 18.7 Å². The molecule has 0 saturated heterocycles. The second kappa shape index (κ2) is 5.00. The zero-order valence-corrected chi connectivity index (χ0v) is 9.16. The molecule has 2 N–H and O–H groups in total. The van der Waals surface area contributed by atoms with Crippen LogP contribution in [0.2, 0.25) is 0 Å². The van der Waals surface area contributed by atoms with Gasteiger partial charge in [-0.1, -0.05) is 13.8 Å². The van der Waals surface area contributed by atoms with Gasteiger partial charge in [-0.15, -0.1) is 0 Å². The van der Waals surface area contributed by atoms with Crippen molar-refractivity contribution in [1.29, 1.82) is 0 Å². The van der Waals surface area contributed by atoms with E-state index in [9.17, 15) is 0 Å². The molecule has 0 fully saturated rings. The summed E-state index contributed by atoms with van der Waals surface area (Å²) in [6.07, 6.45) is 2.39. The molecule has 0 bridgehead atoms. The van der Waals surface area contributed by atoms with Crippen molar-refractivity contribution in [2.75, 3.05) is 5.73 Å². The van der Waals surface area contributed by atoms with Crippen LogP contribution >= 0.6 is 0 Å². The molecule has 14 heavy (non-hydrogen) atoms. The van der Waals surface area contributed by atoms with Gasteiger partial charge in [-0.2, -0.15) is 5.10 Å². The highest BCUT2D eigenvalue weighted by atomic mass is 16.5. The Morgan fingerprint density at radius 3 is 2.57 bits per heavy atom. The molecule has 1 aromatic rings. The van der Waals surface area contributed by atoms with Crippen LogP contribution in [0.15, 0.2) is 6.07 Å². The Hall–Kier alpha value is -1.03. The van der Waals surface area contributed by atoms with Crippen molar-refractivity contribution in [2.24, 2.45) is 0 Å². The first-order chi connectivity index (χ1) is 6.67. The monoisotopic (exact) mass is 197 g/mol. The fourth-order valence-corrected chi connectivity index (χ4v) is 1.37. The van der Waals surface area contributed by atoms with Crippen LogP contribution < -0.4 is 5.73 Å². The molecule has 4 heteroatoms. The Labute approximate surface area is 85.0 Å². The number of nitrogens with two attached hydrogens (primary N) is 1. The maximum absolute atomic E-state index is 5.67. The highest BCUT2D eigenvalue weighted by Crippen LogP contribution is 2.08. The summed E-state index contributed by atoms with van der Waals surface area (Å²) in [7, 11) is 0. The molecule has 0 amide bonds. The summed E-state index contributed by atoms with van der Waals surface area (Å²) in [6.45, 7) is 6.71. The lowest BCUT2D eigenvalue weighted by Gasteiger charge is -2.14. The van der Waals surface area contributed by atoms with Gasteiger partial charge in [0.15, 0.2) is 0 Å². The van der Waals surface area contributed by atoms with Gasteiger partial charge < -0.3 is 10.5 Å². The Kier molecular flexibility index (Phi) is 3.95. The first-order valence-electron chi connectivity index (χ1n) is 5.08. The van der Waals surface area contributed by atoms with Gasteiger partial charge in [0.25, 0.3) is 0 Å². The number of aromatic nitrogens is 2. The molecule has 0 spiro atoms. The lowest BCUT2D eigenvalue weighted by molar-refractivity contribution is -0.00338. The number of nitrogens with zero attached hydrogens (tertiary/aromatic N) is 2. The van der Waals surface area contributed by atoms with Crippen molar-refractivity contribution in [3.8, 4) is 0 Å². The fraction of sp³-hybridized carbons (Fsp3) is 0.700. The standard InChI is InChI=1S/C10H19N3O/c1-4-9(5-2)14-7-13-8(3)6-10(11)12-13/h6,9H,4-5,7H2,1-3H3,(H2,11,12). The van der Waals surface area contributed by atoms with Crippen LogP contribution in [0.4, 0.5) is 5.82 Å². The third kappa shape index (κ3) is 2.73. The van der Waals surface area contributed by atoms with Crippen LogP contribution in [0.5, 0.6) is 0 Å². The minimum absolute atomic E-state index is 0.319. The van der Waals surface area contributed by atoms with Crippen molar-refractivity contribution in [3.63, 3.8) is 0 Å². The normalized spacial score (nSPS) is 11.1. The lowest BCUT2D eigenvalue weighted by Crippen LogP contribution is -2.15. The zero-order valence-electron chi connectivity index (χ0n) is 9.16. The van der Waals surface area contributed by atoms with Crippen molar-refractivity contribution in [1.82, 2.24) is 9.78 Å². The van der Waals surface area contributed by atoms with E-state index in [1.807, 2.05) is 13.0 Å². The number of hydrogen-bond donors (Lipinski definition) is 1. The topological polar surface area (TPSA) is 53.1 Å². The molecular weight excluding hydrogens is 178 g/mol. The first-order valence-corrected chi connectivity index (χ1v) is 5.08. The molecule has 80 valence electrons. The predicted molar refractivity (Wildman–Crippen MR) is 56.8 cm³/mol. The van der Waals surface area contributed by atoms with E-state index in [1.54, 1.807) is 4.68 Å². The second-order valence-corrected chi connectivity index (χ2v) is 3.44. The number of nitrogen functional groups attached to an aromatic ring is 1. The molecule has 0 radical (unpaired) electrons. The van der Waals surface area contributed by atoms with E-state index in [0.717, 1.165) is 18.5 Å². The largest absolute Gasteiger partial charge is 0.382 e. The van der Waals surface area contributed by atoms with Gasteiger partial charge in [0, 0.05) is 11.8 Å². The maximum Gasteiger partial charge on any atom is 0.145 e. The maximum atomic E-state index is 5.67. The lowest BCUT2D eigenvalue weighted by atomic mass is 10.2. The fourth-order valence-electron chi connectivity index (χ4n) is 1.37. The molecule has 0 aliphatic heterocycles. The minimum Gasteiger partial charge on any atom is -0.382 e. The number of rotatable bonds is 5. The average molecular weight is 197 g/mol. The second-order valence-electron chi connectivity index (χ2n) is 3.44. The first kappa shape index (κ1) is 11.0. The average Bonchev–Trinajstić information content (AvgIpc) is 2.47. The molecule has 0 aromatic carbocycles. The third-order valence-corrected chi connectivity index (χ3v) is 2.34. The van der Waals surface area contributed by atoms with E-state index in [-0.39, 0.29) is 0 Å². The molecule has 0 unspecified atom stereocenters. The zero-order chi connectivity index (χ0) is 10.6. The Bertz CT molecular complexity index is 279. The van der Waals surface area contributed by atoms with Gasteiger partial charge in [-0.25, -0.2) is 4.68 Å². The highest BCUT2D eigenvalue weighted by Gasteiger charge is 2.05. The van der Waals surface area contributed by atoms with Crippen molar-refractivity contribution in [3.05, 3.63) is 11.8 Å². The van der Waals surface area contributed by atoms with Crippen LogP contribution in [-0.2, 0) is 11.5 Å². The van der Waals surface area contributed by atoms with Crippen molar-refractivity contribution >= 4 is 5.82 Å². The van der Waals surface area contributed by atoms with E-state index in [4.69, 9.17) is 10.5 Å². The summed E-state index contributed by atoms with van der Waals surface area (Å²) in [5.41, 5.74) is 6.60. The Balaban J connectivity index is 2.48. The molecule has 0 aliphatic carbocycles. The van der Waals surface area contributed by atoms with Crippen LogP contribution in [0.1, 0.15) is 32.4 Å². The summed E-state index contributed by atoms with van der Waals surface area (Å²) in [5.74, 6) is 0.552. The Morgan fingerprint density at radius 1 is 1.50 bits per heavy atom. The minimum atomic E-state index is 0.319. The summed E-state index contributed by atoms with van der Waals surface area (Å²) in [5, 5.41) is 4.12. The van der Waals surface area contributed by atoms with Crippen LogP contribution in [0.3, 0.4) is 0 Å². The predicted octanol–water partition coefficient (Wildman–Crippen LogP) is 1.94.